The van der Waals surface area contributed by atoms with Gasteiger partial charge in [-0.1, -0.05) is 41.9 Å². The highest BCUT2D eigenvalue weighted by Gasteiger charge is 2.19. The Labute approximate surface area is 205 Å². The number of sulfonamides is 1. The van der Waals surface area contributed by atoms with Crippen LogP contribution < -0.4 is 9.62 Å². The van der Waals surface area contributed by atoms with E-state index in [1.807, 2.05) is 0 Å². The minimum atomic E-state index is -3.56. The van der Waals surface area contributed by atoms with E-state index in [9.17, 15) is 21.6 Å². The van der Waals surface area contributed by atoms with Gasteiger partial charge >= 0.3 is 0 Å². The SMILES string of the molecule is C[C@@H](NC(=O)c1ccc(CN(c2cccc(Cl)c2)S(C)(=O)=O)cc1)c1ccc(S(C)(=O)=O)cc1. The lowest BCUT2D eigenvalue weighted by Crippen LogP contribution is -2.29. The average Bonchev–Trinajstić information content (AvgIpc) is 2.76. The number of nitrogens with one attached hydrogen (secondary N) is 1. The van der Waals surface area contributed by atoms with Gasteiger partial charge in [-0.2, -0.15) is 0 Å². The molecular weight excluding hydrogens is 496 g/mol. The number of sulfone groups is 1. The molecule has 0 radical (unpaired) electrons. The van der Waals surface area contributed by atoms with Crippen molar-refractivity contribution in [2.75, 3.05) is 16.8 Å². The maximum absolute atomic E-state index is 12.7. The third-order valence-electron chi connectivity index (χ3n) is 5.19. The number of carbonyl (C=O) groups excluding carboxylic acids is 1. The Bertz CT molecular complexity index is 1390. The monoisotopic (exact) mass is 520 g/mol. The van der Waals surface area contributed by atoms with E-state index >= 15 is 0 Å². The first-order valence-electron chi connectivity index (χ1n) is 10.3. The van der Waals surface area contributed by atoms with Gasteiger partial charge in [-0.05, 0) is 60.5 Å². The van der Waals surface area contributed by atoms with Crippen LogP contribution in [-0.2, 0) is 26.4 Å². The molecular formula is C24H25ClN2O5S2. The normalized spacial score (nSPS) is 12.7. The van der Waals surface area contributed by atoms with E-state index in [4.69, 9.17) is 11.6 Å². The zero-order chi connectivity index (χ0) is 25.1. The maximum Gasteiger partial charge on any atom is 0.251 e. The fourth-order valence-corrected chi connectivity index (χ4v) is 5.02. The Morgan fingerprint density at radius 3 is 2.09 bits per heavy atom. The fourth-order valence-electron chi connectivity index (χ4n) is 3.33. The molecule has 0 saturated heterocycles. The summed E-state index contributed by atoms with van der Waals surface area (Å²) in [5.74, 6) is -0.305. The molecule has 1 amide bonds. The first-order valence-corrected chi connectivity index (χ1v) is 14.4. The third kappa shape index (κ3) is 6.59. The van der Waals surface area contributed by atoms with Crippen LogP contribution in [0.1, 0.15) is 34.5 Å². The maximum atomic E-state index is 12.7. The largest absolute Gasteiger partial charge is 0.346 e. The highest BCUT2D eigenvalue weighted by molar-refractivity contribution is 7.92. The molecule has 7 nitrogen and oxygen atoms in total. The van der Waals surface area contributed by atoms with Crippen LogP contribution in [0.3, 0.4) is 0 Å². The van der Waals surface area contributed by atoms with Gasteiger partial charge in [-0.3, -0.25) is 9.10 Å². The second kappa shape index (κ2) is 10.2. The molecule has 0 aromatic heterocycles. The van der Waals surface area contributed by atoms with Crippen LogP contribution in [0, 0.1) is 0 Å². The number of hydrogen-bond donors (Lipinski definition) is 1. The van der Waals surface area contributed by atoms with E-state index < -0.39 is 19.9 Å². The van der Waals surface area contributed by atoms with Crippen LogP contribution in [0.4, 0.5) is 5.69 Å². The predicted octanol–water partition coefficient (Wildman–Crippen LogP) is 4.20. The summed E-state index contributed by atoms with van der Waals surface area (Å²) in [6.07, 6.45) is 2.26. The molecule has 0 bridgehead atoms. The standard InChI is InChI=1S/C24H25ClN2O5S2/c1-17(19-11-13-23(14-12-19)33(2,29)30)26-24(28)20-9-7-18(8-10-20)16-27(34(3,31)32)22-6-4-5-21(25)15-22/h4-15,17H,16H2,1-3H3,(H,26,28)/t17-/m1/s1. The smallest absolute Gasteiger partial charge is 0.251 e. The van der Waals surface area contributed by atoms with Crippen molar-refractivity contribution in [1.29, 1.82) is 0 Å². The third-order valence-corrected chi connectivity index (χ3v) is 7.70. The molecule has 1 N–H and O–H groups in total. The molecule has 0 aliphatic rings. The number of amides is 1. The van der Waals surface area contributed by atoms with Crippen molar-refractivity contribution in [3.8, 4) is 0 Å². The van der Waals surface area contributed by atoms with Crippen molar-refractivity contribution < 1.29 is 21.6 Å². The lowest BCUT2D eigenvalue weighted by atomic mass is 10.1. The molecule has 0 fully saturated rings. The van der Waals surface area contributed by atoms with Crippen molar-refractivity contribution in [3.63, 3.8) is 0 Å². The molecule has 180 valence electrons. The van der Waals surface area contributed by atoms with E-state index in [1.54, 1.807) is 67.6 Å². The molecule has 0 aliphatic heterocycles. The van der Waals surface area contributed by atoms with Crippen molar-refractivity contribution in [3.05, 3.63) is 94.5 Å². The topological polar surface area (TPSA) is 101 Å². The molecule has 0 unspecified atom stereocenters. The van der Waals surface area contributed by atoms with Gasteiger partial charge in [0.25, 0.3) is 5.91 Å². The summed E-state index contributed by atoms with van der Waals surface area (Å²) in [5.41, 5.74) is 2.33. The van der Waals surface area contributed by atoms with E-state index in [-0.39, 0.29) is 23.4 Å². The highest BCUT2D eigenvalue weighted by Crippen LogP contribution is 2.24. The Hall–Kier alpha value is -2.88. The zero-order valence-electron chi connectivity index (χ0n) is 18.9. The molecule has 0 spiro atoms. The number of hydrogen-bond acceptors (Lipinski definition) is 5. The first-order chi connectivity index (χ1) is 15.8. The molecule has 0 aliphatic carbocycles. The van der Waals surface area contributed by atoms with E-state index in [0.717, 1.165) is 18.1 Å². The van der Waals surface area contributed by atoms with Gasteiger partial charge in [0.2, 0.25) is 10.0 Å². The molecule has 1 atom stereocenters. The lowest BCUT2D eigenvalue weighted by Gasteiger charge is -2.23. The quantitative estimate of drug-likeness (QED) is 0.479. The van der Waals surface area contributed by atoms with Gasteiger partial charge in [-0.25, -0.2) is 16.8 Å². The van der Waals surface area contributed by atoms with E-state index in [1.165, 1.54) is 16.4 Å². The van der Waals surface area contributed by atoms with Crippen molar-refractivity contribution in [2.24, 2.45) is 0 Å². The van der Waals surface area contributed by atoms with Crippen LogP contribution >= 0.6 is 11.6 Å². The number of carbonyl (C=O) groups is 1. The summed E-state index contributed by atoms with van der Waals surface area (Å²) in [6.45, 7) is 1.89. The Morgan fingerprint density at radius 2 is 1.56 bits per heavy atom. The summed E-state index contributed by atoms with van der Waals surface area (Å²) in [7, 11) is -6.85. The predicted molar refractivity (Wildman–Crippen MR) is 134 cm³/mol. The number of nitrogens with zero attached hydrogens (tertiary/aromatic N) is 1. The molecule has 10 heteroatoms. The minimum Gasteiger partial charge on any atom is -0.346 e. The summed E-state index contributed by atoms with van der Waals surface area (Å²) in [4.78, 5) is 12.9. The number of halogens is 1. The van der Waals surface area contributed by atoms with Crippen LogP contribution in [0.5, 0.6) is 0 Å². The van der Waals surface area contributed by atoms with Gasteiger partial charge in [-0.15, -0.1) is 0 Å². The van der Waals surface area contributed by atoms with Gasteiger partial charge in [0.05, 0.1) is 29.4 Å². The van der Waals surface area contributed by atoms with E-state index in [0.29, 0.717) is 21.8 Å². The summed E-state index contributed by atoms with van der Waals surface area (Å²) >= 11 is 6.02. The summed E-state index contributed by atoms with van der Waals surface area (Å²) in [6, 6.07) is 19.2. The van der Waals surface area contributed by atoms with Crippen molar-refractivity contribution >= 4 is 43.1 Å². The average molecular weight is 521 g/mol. The molecule has 3 aromatic carbocycles. The Morgan fingerprint density at radius 1 is 0.941 bits per heavy atom. The van der Waals surface area contributed by atoms with Crippen LogP contribution in [0.25, 0.3) is 0 Å². The highest BCUT2D eigenvalue weighted by atomic mass is 35.5. The number of benzene rings is 3. The van der Waals surface area contributed by atoms with Gasteiger partial charge in [0.1, 0.15) is 0 Å². The zero-order valence-corrected chi connectivity index (χ0v) is 21.3. The fraction of sp³-hybridized carbons (Fsp3) is 0.208. The molecule has 0 saturated carbocycles. The molecule has 0 heterocycles. The molecule has 3 aromatic rings. The lowest BCUT2D eigenvalue weighted by molar-refractivity contribution is 0.0940. The second-order valence-corrected chi connectivity index (χ2v) is 12.3. The second-order valence-electron chi connectivity index (χ2n) is 7.98. The van der Waals surface area contributed by atoms with Gasteiger partial charge < -0.3 is 5.32 Å². The van der Waals surface area contributed by atoms with Crippen LogP contribution in [0.15, 0.2) is 77.7 Å². The van der Waals surface area contributed by atoms with Gasteiger partial charge in [0, 0.05) is 16.8 Å². The summed E-state index contributed by atoms with van der Waals surface area (Å²) < 4.78 is 49.1. The molecule has 3 rings (SSSR count). The minimum absolute atomic E-state index is 0.0875. The number of anilines is 1. The van der Waals surface area contributed by atoms with Crippen LogP contribution in [0.2, 0.25) is 5.02 Å². The van der Waals surface area contributed by atoms with Gasteiger partial charge in [0.15, 0.2) is 9.84 Å². The van der Waals surface area contributed by atoms with Crippen molar-refractivity contribution in [2.45, 2.75) is 24.4 Å². The first kappa shape index (κ1) is 25.7. The van der Waals surface area contributed by atoms with E-state index in [2.05, 4.69) is 5.32 Å². The summed E-state index contributed by atoms with van der Waals surface area (Å²) in [5, 5.41) is 3.31. The number of rotatable bonds is 8. The Kier molecular flexibility index (Phi) is 7.70. The Balaban J connectivity index is 1.71. The van der Waals surface area contributed by atoms with Crippen LogP contribution in [-0.4, -0.2) is 35.3 Å². The molecule has 34 heavy (non-hydrogen) atoms. The van der Waals surface area contributed by atoms with Crippen molar-refractivity contribution in [1.82, 2.24) is 5.32 Å².